The van der Waals surface area contributed by atoms with Gasteiger partial charge < -0.3 is 0 Å². The molecule has 0 radical (unpaired) electrons. The van der Waals surface area contributed by atoms with Gasteiger partial charge in [0.05, 0.1) is 5.88 Å². The molecule has 1 N–H and O–H groups in total. The van der Waals surface area contributed by atoms with Crippen LogP contribution in [-0.2, 0) is 11.3 Å². The number of rotatable bonds is 3. The van der Waals surface area contributed by atoms with Gasteiger partial charge >= 0.3 is 0 Å². The van der Waals surface area contributed by atoms with E-state index in [4.69, 9.17) is 11.6 Å². The number of hydrogen-bond donors (Lipinski definition) is 1. The fourth-order valence-corrected chi connectivity index (χ4v) is 2.61. The average Bonchev–Trinajstić information content (AvgIpc) is 2.85. The van der Waals surface area contributed by atoms with Crippen molar-refractivity contribution in [3.63, 3.8) is 0 Å². The number of carbonyl (C=O) groups is 1. The molecule has 2 aromatic rings. The summed E-state index contributed by atoms with van der Waals surface area (Å²) in [7, 11) is 0. The Kier molecular flexibility index (Phi) is 4.45. The molecule has 1 aromatic carbocycles. The van der Waals surface area contributed by atoms with E-state index in [1.54, 1.807) is 6.20 Å². The molecule has 2 rings (SSSR count). The quantitative estimate of drug-likeness (QED) is 0.852. The first-order valence-corrected chi connectivity index (χ1v) is 7.68. The summed E-state index contributed by atoms with van der Waals surface area (Å²) in [6.07, 6.45) is 1.68. The Balaban J connectivity index is 2.09. The van der Waals surface area contributed by atoms with Gasteiger partial charge in [0.1, 0.15) is 0 Å². The van der Waals surface area contributed by atoms with Gasteiger partial charge in [0, 0.05) is 16.6 Å². The zero-order valence-corrected chi connectivity index (χ0v) is 13.3. The molecule has 0 saturated heterocycles. The second kappa shape index (κ2) is 5.94. The molecular weight excluding hydrogens is 292 g/mol. The van der Waals surface area contributed by atoms with Crippen LogP contribution in [0, 0.1) is 0 Å². The monoisotopic (exact) mass is 308 g/mol. The molecule has 0 atom stereocenters. The van der Waals surface area contributed by atoms with E-state index in [9.17, 15) is 4.79 Å². The van der Waals surface area contributed by atoms with Crippen molar-refractivity contribution < 1.29 is 4.79 Å². The number of carbonyl (C=O) groups excluding carboxylic acids is 1. The van der Waals surface area contributed by atoms with Crippen molar-refractivity contribution in [2.75, 3.05) is 5.32 Å². The molecule has 0 aliphatic rings. The molecule has 20 heavy (non-hydrogen) atoms. The number of nitrogens with one attached hydrogen (secondary N) is 1. The Morgan fingerprint density at radius 1 is 1.30 bits per heavy atom. The summed E-state index contributed by atoms with van der Waals surface area (Å²) in [6.45, 7) is 6.43. The van der Waals surface area contributed by atoms with Gasteiger partial charge in [-0.2, -0.15) is 0 Å². The van der Waals surface area contributed by atoms with Gasteiger partial charge in [-0.1, -0.05) is 32.9 Å². The van der Waals surface area contributed by atoms with E-state index in [1.165, 1.54) is 16.9 Å². The summed E-state index contributed by atoms with van der Waals surface area (Å²) in [6, 6.07) is 7.65. The van der Waals surface area contributed by atoms with Crippen molar-refractivity contribution in [1.82, 2.24) is 4.98 Å². The first kappa shape index (κ1) is 15.0. The van der Waals surface area contributed by atoms with Crippen LogP contribution in [0.4, 0.5) is 5.13 Å². The summed E-state index contributed by atoms with van der Waals surface area (Å²) in [4.78, 5) is 17.1. The van der Waals surface area contributed by atoms with Gasteiger partial charge in [-0.3, -0.25) is 10.1 Å². The highest BCUT2D eigenvalue weighted by Gasteiger charge is 2.14. The van der Waals surface area contributed by atoms with Crippen LogP contribution in [-0.4, -0.2) is 10.9 Å². The fourth-order valence-electron chi connectivity index (χ4n) is 1.72. The molecule has 1 heterocycles. The lowest BCUT2D eigenvalue weighted by molar-refractivity contribution is 0.102. The molecule has 0 spiro atoms. The number of nitrogens with zero attached hydrogens (tertiary/aromatic N) is 1. The molecule has 0 aliphatic carbocycles. The van der Waals surface area contributed by atoms with Crippen LogP contribution in [0.2, 0.25) is 0 Å². The molecule has 0 bridgehead atoms. The smallest absolute Gasteiger partial charge is 0.257 e. The van der Waals surface area contributed by atoms with Gasteiger partial charge in [0.15, 0.2) is 5.13 Å². The van der Waals surface area contributed by atoms with Crippen LogP contribution in [0.3, 0.4) is 0 Å². The van der Waals surface area contributed by atoms with Crippen LogP contribution in [0.15, 0.2) is 30.5 Å². The maximum Gasteiger partial charge on any atom is 0.257 e. The van der Waals surface area contributed by atoms with Gasteiger partial charge in [0.25, 0.3) is 5.91 Å². The van der Waals surface area contributed by atoms with E-state index in [-0.39, 0.29) is 11.3 Å². The second-order valence-electron chi connectivity index (χ2n) is 5.55. The Hall–Kier alpha value is -1.39. The normalized spacial score (nSPS) is 11.4. The third-order valence-corrected chi connectivity index (χ3v) is 4.28. The van der Waals surface area contributed by atoms with Crippen LogP contribution in [0.25, 0.3) is 0 Å². The van der Waals surface area contributed by atoms with E-state index in [0.29, 0.717) is 16.6 Å². The zero-order chi connectivity index (χ0) is 14.8. The van der Waals surface area contributed by atoms with Crippen molar-refractivity contribution in [1.29, 1.82) is 0 Å². The third kappa shape index (κ3) is 3.58. The summed E-state index contributed by atoms with van der Waals surface area (Å²) in [5, 5.41) is 3.36. The molecule has 1 amide bonds. The number of alkyl halides is 1. The number of halogens is 1. The Morgan fingerprint density at radius 3 is 2.45 bits per heavy atom. The molecule has 0 fully saturated rings. The number of amides is 1. The van der Waals surface area contributed by atoms with Crippen molar-refractivity contribution >= 4 is 34.0 Å². The minimum absolute atomic E-state index is 0.0829. The predicted molar refractivity (Wildman–Crippen MR) is 84.8 cm³/mol. The first-order valence-electron chi connectivity index (χ1n) is 6.33. The molecule has 0 unspecified atom stereocenters. The number of benzene rings is 1. The van der Waals surface area contributed by atoms with Crippen LogP contribution in [0.5, 0.6) is 0 Å². The molecule has 1 aromatic heterocycles. The highest BCUT2D eigenvalue weighted by molar-refractivity contribution is 7.15. The van der Waals surface area contributed by atoms with E-state index in [2.05, 4.69) is 31.1 Å². The first-order chi connectivity index (χ1) is 9.40. The minimum Gasteiger partial charge on any atom is -0.298 e. The van der Waals surface area contributed by atoms with E-state index in [0.717, 1.165) is 4.88 Å². The Labute approximate surface area is 128 Å². The summed E-state index contributed by atoms with van der Waals surface area (Å²) < 4.78 is 0. The van der Waals surface area contributed by atoms with Gasteiger partial charge in [-0.15, -0.1) is 22.9 Å². The number of anilines is 1. The SMILES string of the molecule is CC(C)(C)c1ccc(C(=O)Nc2ncc(CCl)s2)cc1. The highest BCUT2D eigenvalue weighted by atomic mass is 35.5. The van der Waals surface area contributed by atoms with Crippen molar-refractivity contribution in [2.24, 2.45) is 0 Å². The average molecular weight is 309 g/mol. The third-order valence-electron chi connectivity index (χ3n) is 2.92. The molecule has 5 heteroatoms. The Bertz CT molecular complexity index is 599. The van der Waals surface area contributed by atoms with Crippen LogP contribution >= 0.6 is 22.9 Å². The Morgan fingerprint density at radius 2 is 1.95 bits per heavy atom. The van der Waals surface area contributed by atoms with Crippen LogP contribution in [0.1, 0.15) is 41.6 Å². The van der Waals surface area contributed by atoms with E-state index < -0.39 is 0 Å². The molecular formula is C15H17ClN2OS. The lowest BCUT2D eigenvalue weighted by Gasteiger charge is -2.18. The molecule has 0 aliphatic heterocycles. The number of thiazole rings is 1. The molecule has 0 saturated carbocycles. The summed E-state index contributed by atoms with van der Waals surface area (Å²) in [5.74, 6) is 0.259. The topological polar surface area (TPSA) is 42.0 Å². The van der Waals surface area contributed by atoms with E-state index >= 15 is 0 Å². The van der Waals surface area contributed by atoms with Crippen molar-refractivity contribution in [2.45, 2.75) is 32.1 Å². The van der Waals surface area contributed by atoms with Gasteiger partial charge in [-0.25, -0.2) is 4.98 Å². The fraction of sp³-hybridized carbons (Fsp3) is 0.333. The zero-order valence-electron chi connectivity index (χ0n) is 11.7. The van der Waals surface area contributed by atoms with Gasteiger partial charge in [0.2, 0.25) is 0 Å². The predicted octanol–water partition coefficient (Wildman–Crippen LogP) is 4.43. The lowest BCUT2D eigenvalue weighted by Crippen LogP contribution is -2.14. The number of aromatic nitrogens is 1. The maximum atomic E-state index is 12.1. The maximum absolute atomic E-state index is 12.1. The van der Waals surface area contributed by atoms with Crippen molar-refractivity contribution in [3.8, 4) is 0 Å². The second-order valence-corrected chi connectivity index (χ2v) is 6.93. The van der Waals surface area contributed by atoms with Crippen LogP contribution < -0.4 is 5.32 Å². The summed E-state index contributed by atoms with van der Waals surface area (Å²) in [5.41, 5.74) is 1.91. The number of hydrogen-bond acceptors (Lipinski definition) is 3. The highest BCUT2D eigenvalue weighted by Crippen LogP contribution is 2.23. The lowest BCUT2D eigenvalue weighted by atomic mass is 9.87. The molecule has 3 nitrogen and oxygen atoms in total. The minimum atomic E-state index is -0.152. The van der Waals surface area contributed by atoms with Gasteiger partial charge in [-0.05, 0) is 23.1 Å². The molecule has 106 valence electrons. The van der Waals surface area contributed by atoms with Crippen molar-refractivity contribution in [3.05, 3.63) is 46.5 Å². The standard InChI is InChI=1S/C15H17ClN2OS/c1-15(2,3)11-6-4-10(5-7-11)13(19)18-14-17-9-12(8-16)20-14/h4-7,9H,8H2,1-3H3,(H,17,18,19). The van der Waals surface area contributed by atoms with E-state index in [1.807, 2.05) is 24.3 Å². The summed E-state index contributed by atoms with van der Waals surface area (Å²) >= 11 is 7.10. The largest absolute Gasteiger partial charge is 0.298 e.